The smallest absolute Gasteiger partial charge is 0.112 e. The van der Waals surface area contributed by atoms with E-state index >= 15 is 0 Å². The summed E-state index contributed by atoms with van der Waals surface area (Å²) < 4.78 is 0. The Morgan fingerprint density at radius 2 is 1.94 bits per heavy atom. The van der Waals surface area contributed by atoms with E-state index in [1.165, 1.54) is 0 Å². The van der Waals surface area contributed by atoms with Crippen molar-refractivity contribution in [2.75, 3.05) is 11.1 Å². The Labute approximate surface area is 120 Å². The maximum absolute atomic E-state index is 5.65. The van der Waals surface area contributed by atoms with E-state index < -0.39 is 0 Å². The number of aromatic nitrogens is 2. The van der Waals surface area contributed by atoms with Gasteiger partial charge in [-0.25, -0.2) is 0 Å². The monoisotopic (exact) mass is 288 g/mol. The predicted octanol–water partition coefficient (Wildman–Crippen LogP) is 1.91. The molecule has 0 amide bonds. The van der Waals surface area contributed by atoms with E-state index in [1.807, 2.05) is 37.3 Å². The van der Waals surface area contributed by atoms with Gasteiger partial charge in [0.15, 0.2) is 0 Å². The largest absolute Gasteiger partial charge is 0.435 e. The van der Waals surface area contributed by atoms with Crippen LogP contribution in [0.4, 0.5) is 17.5 Å². The Hall–Kier alpha value is -0.996. The number of nitrogens with zero attached hydrogens (tertiary/aromatic N) is 2. The van der Waals surface area contributed by atoms with Crippen molar-refractivity contribution in [2.24, 2.45) is 0 Å². The minimum Gasteiger partial charge on any atom is -0.435 e. The van der Waals surface area contributed by atoms with Crippen LogP contribution in [0, 0.1) is 13.1 Å². The molecule has 1 heterocycles. The van der Waals surface area contributed by atoms with Gasteiger partial charge in [0, 0.05) is 44.2 Å². The van der Waals surface area contributed by atoms with Gasteiger partial charge in [-0.2, -0.15) is 0 Å². The van der Waals surface area contributed by atoms with Crippen molar-refractivity contribution in [3.8, 4) is 0 Å². The molecule has 4 nitrogen and oxygen atoms in total. The number of benzene rings is 1. The maximum Gasteiger partial charge on any atom is 0.112 e. The Morgan fingerprint density at radius 1 is 1.25 bits per heavy atom. The minimum atomic E-state index is 0. The number of hydrogen-bond acceptors (Lipinski definition) is 4. The van der Waals surface area contributed by atoms with Crippen LogP contribution in [-0.4, -0.2) is 9.97 Å². The van der Waals surface area contributed by atoms with Gasteiger partial charge in [0.25, 0.3) is 0 Å². The number of hydrogen-bond donors (Lipinski definition) is 2. The summed E-state index contributed by atoms with van der Waals surface area (Å²) in [5, 5.41) is 3.04. The van der Waals surface area contributed by atoms with Crippen molar-refractivity contribution < 1.29 is 32.7 Å². The Morgan fingerprint density at radius 3 is 2.56 bits per heavy atom. The van der Waals surface area contributed by atoms with Gasteiger partial charge in [-0.05, 0) is 12.1 Å². The van der Waals surface area contributed by atoms with Gasteiger partial charge in [0.05, 0.1) is 0 Å². The zero-order chi connectivity index (χ0) is 10.7. The SMILES string of the molecule is Cc1[c-]nc(Nc2ccccc2)nc1N.[Y]. The zero-order valence-corrected chi connectivity index (χ0v) is 11.8. The van der Waals surface area contributed by atoms with E-state index in [-0.39, 0.29) is 32.7 Å². The second-order valence-corrected chi connectivity index (χ2v) is 3.16. The third-order valence-corrected chi connectivity index (χ3v) is 1.97. The number of nitrogen functional groups attached to an aromatic ring is 1. The summed E-state index contributed by atoms with van der Waals surface area (Å²) in [6.45, 7) is 1.82. The summed E-state index contributed by atoms with van der Waals surface area (Å²) >= 11 is 0. The van der Waals surface area contributed by atoms with Crippen molar-refractivity contribution >= 4 is 17.5 Å². The van der Waals surface area contributed by atoms with Crippen molar-refractivity contribution in [1.29, 1.82) is 0 Å². The van der Waals surface area contributed by atoms with E-state index in [0.29, 0.717) is 11.8 Å². The summed E-state index contributed by atoms with van der Waals surface area (Å²) in [5.41, 5.74) is 7.34. The van der Waals surface area contributed by atoms with Crippen LogP contribution in [0.2, 0.25) is 0 Å². The van der Waals surface area contributed by atoms with E-state index in [4.69, 9.17) is 5.73 Å². The average Bonchev–Trinajstić information content (AvgIpc) is 2.25. The first-order chi connectivity index (χ1) is 7.25. The van der Waals surface area contributed by atoms with E-state index in [2.05, 4.69) is 21.5 Å². The third-order valence-electron chi connectivity index (χ3n) is 1.97. The van der Waals surface area contributed by atoms with E-state index in [0.717, 1.165) is 11.3 Å². The maximum atomic E-state index is 5.65. The molecule has 0 bridgehead atoms. The molecular formula is C11H11N4Y-. The summed E-state index contributed by atoms with van der Waals surface area (Å²) in [7, 11) is 0. The first kappa shape index (κ1) is 13.1. The van der Waals surface area contributed by atoms with Gasteiger partial charge in [0.2, 0.25) is 0 Å². The number of nitrogens with one attached hydrogen (secondary N) is 1. The van der Waals surface area contributed by atoms with Gasteiger partial charge in [-0.3, -0.25) is 0 Å². The molecule has 0 fully saturated rings. The van der Waals surface area contributed by atoms with Crippen LogP contribution in [0.25, 0.3) is 0 Å². The van der Waals surface area contributed by atoms with E-state index in [1.54, 1.807) is 0 Å². The Bertz CT molecular complexity index is 459. The Balaban J connectivity index is 0.00000128. The molecule has 1 aromatic heterocycles. The molecule has 0 aliphatic carbocycles. The molecule has 3 N–H and O–H groups in total. The molecule has 2 rings (SSSR count). The molecule has 0 saturated heterocycles. The number of aryl methyl sites for hydroxylation is 1. The summed E-state index contributed by atoms with van der Waals surface area (Å²) in [5.74, 6) is 0.910. The number of anilines is 3. The van der Waals surface area contributed by atoms with Crippen LogP contribution >= 0.6 is 0 Å². The van der Waals surface area contributed by atoms with Crippen LogP contribution < -0.4 is 11.1 Å². The summed E-state index contributed by atoms with van der Waals surface area (Å²) in [6, 6.07) is 9.67. The number of para-hydroxylation sites is 1. The first-order valence-corrected chi connectivity index (χ1v) is 4.59. The molecule has 5 heteroatoms. The predicted molar refractivity (Wildman–Crippen MR) is 59.7 cm³/mol. The van der Waals surface area contributed by atoms with Gasteiger partial charge in [0.1, 0.15) is 5.95 Å². The molecule has 16 heavy (non-hydrogen) atoms. The van der Waals surface area contributed by atoms with Gasteiger partial charge >= 0.3 is 0 Å². The van der Waals surface area contributed by atoms with Crippen molar-refractivity contribution in [3.63, 3.8) is 0 Å². The van der Waals surface area contributed by atoms with Crippen LogP contribution in [0.15, 0.2) is 30.3 Å². The molecule has 0 spiro atoms. The van der Waals surface area contributed by atoms with Gasteiger partial charge < -0.3 is 21.0 Å². The van der Waals surface area contributed by atoms with Crippen LogP contribution in [-0.2, 0) is 32.7 Å². The molecule has 0 atom stereocenters. The fourth-order valence-corrected chi connectivity index (χ4v) is 1.12. The quantitative estimate of drug-likeness (QED) is 0.829. The third kappa shape index (κ3) is 3.25. The second-order valence-electron chi connectivity index (χ2n) is 3.16. The summed E-state index contributed by atoms with van der Waals surface area (Å²) in [6.07, 6.45) is 2.79. The van der Waals surface area contributed by atoms with Crippen LogP contribution in [0.3, 0.4) is 0 Å². The normalized spacial score (nSPS) is 9.31. The molecule has 1 aromatic carbocycles. The molecule has 79 valence electrons. The summed E-state index contributed by atoms with van der Waals surface area (Å²) in [4.78, 5) is 8.10. The fourth-order valence-electron chi connectivity index (χ4n) is 1.12. The second kappa shape index (κ2) is 5.92. The van der Waals surface area contributed by atoms with Crippen molar-refractivity contribution in [1.82, 2.24) is 9.97 Å². The zero-order valence-electron chi connectivity index (χ0n) is 8.94. The molecule has 2 aromatic rings. The number of rotatable bonds is 2. The van der Waals surface area contributed by atoms with Crippen molar-refractivity contribution in [2.45, 2.75) is 6.92 Å². The molecule has 0 aliphatic rings. The molecular weight excluding hydrogens is 277 g/mol. The molecule has 1 radical (unpaired) electrons. The molecule has 0 aliphatic heterocycles. The number of nitrogens with two attached hydrogens (primary N) is 1. The Kier molecular flexibility index (Phi) is 4.83. The van der Waals surface area contributed by atoms with Gasteiger partial charge in [-0.15, -0.1) is 5.56 Å². The van der Waals surface area contributed by atoms with Crippen LogP contribution in [0.5, 0.6) is 0 Å². The van der Waals surface area contributed by atoms with E-state index in [9.17, 15) is 0 Å². The van der Waals surface area contributed by atoms with Crippen molar-refractivity contribution in [3.05, 3.63) is 42.1 Å². The topological polar surface area (TPSA) is 63.8 Å². The first-order valence-electron chi connectivity index (χ1n) is 4.59. The molecule has 0 saturated carbocycles. The fraction of sp³-hybridized carbons (Fsp3) is 0.0909. The minimum absolute atomic E-state index is 0. The van der Waals surface area contributed by atoms with Gasteiger partial charge in [-0.1, -0.05) is 31.3 Å². The average molecular weight is 288 g/mol. The molecule has 0 unspecified atom stereocenters. The standard InChI is InChI=1S/C11H11N4.Y/c1-8-7-13-11(15-10(8)12)14-9-5-3-2-4-6-9;/h2-6H,1H3,(H3,12,13,14,15);/q-1;. The van der Waals surface area contributed by atoms with Crippen LogP contribution in [0.1, 0.15) is 5.56 Å².